The van der Waals surface area contributed by atoms with Crippen LogP contribution in [-0.2, 0) is 0 Å². The van der Waals surface area contributed by atoms with Crippen molar-refractivity contribution in [1.82, 2.24) is 25.0 Å². The van der Waals surface area contributed by atoms with Crippen LogP contribution in [0, 0.1) is 5.82 Å². The van der Waals surface area contributed by atoms with E-state index < -0.39 is 5.82 Å². The average molecular weight is 353 g/mol. The molecule has 1 unspecified atom stereocenters. The van der Waals surface area contributed by atoms with E-state index in [2.05, 4.69) is 20.1 Å². The van der Waals surface area contributed by atoms with Crippen molar-refractivity contribution in [1.29, 1.82) is 0 Å². The van der Waals surface area contributed by atoms with Crippen LogP contribution < -0.4 is 0 Å². The number of amides is 1. The summed E-state index contributed by atoms with van der Waals surface area (Å²) in [6, 6.07) is 6.02. The van der Waals surface area contributed by atoms with Gasteiger partial charge in [0.25, 0.3) is 11.8 Å². The first-order chi connectivity index (χ1) is 12.7. The summed E-state index contributed by atoms with van der Waals surface area (Å²) >= 11 is 0. The van der Waals surface area contributed by atoms with Crippen molar-refractivity contribution in [2.45, 2.75) is 18.8 Å². The van der Waals surface area contributed by atoms with Gasteiger partial charge >= 0.3 is 0 Å². The van der Waals surface area contributed by atoms with E-state index in [1.807, 2.05) is 0 Å². The number of rotatable bonds is 3. The first kappa shape index (κ1) is 16.3. The number of hydrogen-bond donors (Lipinski definition) is 0. The zero-order valence-electron chi connectivity index (χ0n) is 13.9. The van der Waals surface area contributed by atoms with Gasteiger partial charge in [0.1, 0.15) is 11.5 Å². The minimum Gasteiger partial charge on any atom is -0.338 e. The van der Waals surface area contributed by atoms with Crippen molar-refractivity contribution in [3.8, 4) is 11.6 Å². The van der Waals surface area contributed by atoms with Crippen LogP contribution in [0.3, 0.4) is 0 Å². The predicted octanol–water partition coefficient (Wildman–Crippen LogP) is 2.69. The van der Waals surface area contributed by atoms with Crippen molar-refractivity contribution in [2.75, 3.05) is 13.1 Å². The van der Waals surface area contributed by atoms with Gasteiger partial charge in [0.2, 0.25) is 0 Å². The van der Waals surface area contributed by atoms with Crippen LogP contribution in [0.4, 0.5) is 4.39 Å². The number of likely N-dealkylation sites (tertiary alicyclic amines) is 1. The first-order valence-electron chi connectivity index (χ1n) is 8.36. The fraction of sp³-hybridized carbons (Fsp3) is 0.278. The van der Waals surface area contributed by atoms with Gasteiger partial charge in [-0.2, -0.15) is 4.98 Å². The number of carbonyl (C=O) groups excluding carboxylic acids is 1. The van der Waals surface area contributed by atoms with Gasteiger partial charge in [0.05, 0.1) is 11.8 Å². The Bertz CT molecular complexity index is 915. The fourth-order valence-corrected chi connectivity index (χ4v) is 3.09. The molecular weight excluding hydrogens is 337 g/mol. The van der Waals surface area contributed by atoms with Crippen LogP contribution in [0.25, 0.3) is 11.6 Å². The van der Waals surface area contributed by atoms with Crippen molar-refractivity contribution in [2.24, 2.45) is 0 Å². The minimum absolute atomic E-state index is 0.0614. The third-order valence-corrected chi connectivity index (χ3v) is 4.40. The Morgan fingerprint density at radius 3 is 2.96 bits per heavy atom. The third kappa shape index (κ3) is 3.17. The predicted molar refractivity (Wildman–Crippen MR) is 89.6 cm³/mol. The Balaban J connectivity index is 1.52. The van der Waals surface area contributed by atoms with Gasteiger partial charge < -0.3 is 9.42 Å². The molecule has 0 N–H and O–H groups in total. The smallest absolute Gasteiger partial charge is 0.278 e. The quantitative estimate of drug-likeness (QED) is 0.720. The second-order valence-corrected chi connectivity index (χ2v) is 6.12. The molecule has 26 heavy (non-hydrogen) atoms. The van der Waals surface area contributed by atoms with Crippen molar-refractivity contribution in [3.05, 3.63) is 60.1 Å². The van der Waals surface area contributed by atoms with E-state index in [1.165, 1.54) is 12.1 Å². The number of carbonyl (C=O) groups is 1. The number of benzene rings is 1. The van der Waals surface area contributed by atoms with Crippen LogP contribution in [0.15, 0.2) is 47.4 Å². The molecular formula is C18H16FN5O2. The van der Waals surface area contributed by atoms with E-state index in [-0.39, 0.29) is 17.4 Å². The summed E-state index contributed by atoms with van der Waals surface area (Å²) in [4.78, 5) is 26.8. The lowest BCUT2D eigenvalue weighted by atomic mass is 9.96. The molecule has 8 heteroatoms. The lowest BCUT2D eigenvalue weighted by Gasteiger charge is -2.31. The van der Waals surface area contributed by atoms with E-state index >= 15 is 0 Å². The van der Waals surface area contributed by atoms with E-state index in [0.717, 1.165) is 12.8 Å². The van der Waals surface area contributed by atoms with Crippen LogP contribution in [0.1, 0.15) is 34.9 Å². The highest BCUT2D eigenvalue weighted by molar-refractivity contribution is 5.94. The molecule has 1 saturated heterocycles. The molecule has 0 bridgehead atoms. The van der Waals surface area contributed by atoms with Crippen LogP contribution in [0.2, 0.25) is 0 Å². The Kier molecular flexibility index (Phi) is 4.39. The molecule has 0 radical (unpaired) electrons. The highest BCUT2D eigenvalue weighted by atomic mass is 19.1. The van der Waals surface area contributed by atoms with Crippen molar-refractivity contribution < 1.29 is 13.7 Å². The molecule has 1 atom stereocenters. The summed E-state index contributed by atoms with van der Waals surface area (Å²) in [6.07, 6.45) is 6.29. The van der Waals surface area contributed by atoms with Gasteiger partial charge in [-0.3, -0.25) is 9.78 Å². The standard InChI is InChI=1S/C18H16FN5O2/c19-14-6-2-1-5-13(14)18(25)24-9-3-4-12(11-24)16-22-17(26-23-16)15-10-20-7-8-21-15/h1-2,5-8,10,12H,3-4,9,11H2. The lowest BCUT2D eigenvalue weighted by molar-refractivity contribution is 0.0699. The molecule has 2 aromatic heterocycles. The maximum atomic E-state index is 13.9. The molecule has 132 valence electrons. The van der Waals surface area contributed by atoms with Crippen molar-refractivity contribution >= 4 is 5.91 Å². The summed E-state index contributed by atoms with van der Waals surface area (Å²) < 4.78 is 19.2. The number of halogens is 1. The molecule has 7 nitrogen and oxygen atoms in total. The molecule has 1 aliphatic heterocycles. The van der Waals surface area contributed by atoms with Crippen LogP contribution in [-0.4, -0.2) is 44.0 Å². The second-order valence-electron chi connectivity index (χ2n) is 6.12. The zero-order valence-corrected chi connectivity index (χ0v) is 13.9. The molecule has 0 spiro atoms. The fourth-order valence-electron chi connectivity index (χ4n) is 3.09. The zero-order chi connectivity index (χ0) is 17.9. The molecule has 0 aliphatic carbocycles. The lowest BCUT2D eigenvalue weighted by Crippen LogP contribution is -2.39. The van der Waals surface area contributed by atoms with Crippen molar-refractivity contribution in [3.63, 3.8) is 0 Å². The number of nitrogens with zero attached hydrogens (tertiary/aromatic N) is 5. The van der Waals surface area contributed by atoms with Gasteiger partial charge in [-0.1, -0.05) is 17.3 Å². The first-order valence-corrected chi connectivity index (χ1v) is 8.36. The van der Waals surface area contributed by atoms with E-state index in [0.29, 0.717) is 30.5 Å². The Morgan fingerprint density at radius 1 is 1.27 bits per heavy atom. The minimum atomic E-state index is -0.510. The van der Waals surface area contributed by atoms with E-state index in [9.17, 15) is 9.18 Å². The maximum absolute atomic E-state index is 13.9. The Hall–Kier alpha value is -3.16. The Labute approximate surface area is 148 Å². The second kappa shape index (κ2) is 6.99. The average Bonchev–Trinajstić information content (AvgIpc) is 3.19. The van der Waals surface area contributed by atoms with Gasteiger partial charge in [0, 0.05) is 31.4 Å². The molecule has 1 aliphatic rings. The molecule has 0 saturated carbocycles. The Morgan fingerprint density at radius 2 is 2.15 bits per heavy atom. The van der Waals surface area contributed by atoms with E-state index in [1.54, 1.807) is 35.6 Å². The van der Waals surface area contributed by atoms with Crippen LogP contribution >= 0.6 is 0 Å². The highest BCUT2D eigenvalue weighted by Crippen LogP contribution is 2.27. The summed E-state index contributed by atoms with van der Waals surface area (Å²) in [7, 11) is 0. The summed E-state index contributed by atoms with van der Waals surface area (Å²) in [6.45, 7) is 1.01. The van der Waals surface area contributed by atoms with E-state index in [4.69, 9.17) is 4.52 Å². The summed E-state index contributed by atoms with van der Waals surface area (Å²) in [5.74, 6) is -0.0643. The number of piperidine rings is 1. The molecule has 4 rings (SSSR count). The summed E-state index contributed by atoms with van der Waals surface area (Å²) in [5, 5.41) is 4.03. The summed E-state index contributed by atoms with van der Waals surface area (Å²) in [5.41, 5.74) is 0.586. The monoisotopic (exact) mass is 353 g/mol. The molecule has 1 amide bonds. The molecule has 3 heterocycles. The molecule has 1 aromatic carbocycles. The molecule has 1 fully saturated rings. The van der Waals surface area contributed by atoms with Gasteiger partial charge in [-0.25, -0.2) is 9.37 Å². The third-order valence-electron chi connectivity index (χ3n) is 4.40. The number of hydrogen-bond acceptors (Lipinski definition) is 6. The van der Waals surface area contributed by atoms with Gasteiger partial charge in [-0.15, -0.1) is 0 Å². The number of aromatic nitrogens is 4. The normalized spacial score (nSPS) is 17.3. The SMILES string of the molecule is O=C(c1ccccc1F)N1CCCC(c2noc(-c3cnccn3)n2)C1. The largest absolute Gasteiger partial charge is 0.338 e. The van der Waals surface area contributed by atoms with Crippen LogP contribution in [0.5, 0.6) is 0 Å². The van der Waals surface area contributed by atoms with Gasteiger partial charge in [-0.05, 0) is 25.0 Å². The van der Waals surface area contributed by atoms with Gasteiger partial charge in [0.15, 0.2) is 5.82 Å². The highest BCUT2D eigenvalue weighted by Gasteiger charge is 2.29. The topological polar surface area (TPSA) is 85.0 Å². The molecule has 3 aromatic rings. The maximum Gasteiger partial charge on any atom is 0.278 e.